The summed E-state index contributed by atoms with van der Waals surface area (Å²) < 4.78 is 46.4. The molecule has 178 valence electrons. The molecule has 3 rings (SSSR count). The third-order valence-corrected chi connectivity index (χ3v) is 5.45. The zero-order chi connectivity index (χ0) is 23.7. The van der Waals surface area contributed by atoms with Crippen LogP contribution in [-0.2, 0) is 20.5 Å². The number of hydrogen-bond acceptors (Lipinski definition) is 5. The Kier molecular flexibility index (Phi) is 7.16. The lowest BCUT2D eigenvalue weighted by molar-refractivity contribution is -0.137. The minimum Gasteiger partial charge on any atom is -0.370 e. The summed E-state index contributed by atoms with van der Waals surface area (Å²) in [5.74, 6) is -0.976. The molecule has 32 heavy (non-hydrogen) atoms. The summed E-state index contributed by atoms with van der Waals surface area (Å²) in [6.45, 7) is 6.83. The number of carbonyl (C=O) groups is 2. The lowest BCUT2D eigenvalue weighted by Gasteiger charge is -2.35. The molecule has 1 heterocycles. The van der Waals surface area contributed by atoms with Gasteiger partial charge in [0.1, 0.15) is 12.6 Å². The maximum absolute atomic E-state index is 13.8. The van der Waals surface area contributed by atoms with Crippen molar-refractivity contribution in [1.29, 1.82) is 0 Å². The molecule has 7 nitrogen and oxygen atoms in total. The maximum atomic E-state index is 13.8. The Morgan fingerprint density at radius 2 is 2.00 bits per heavy atom. The van der Waals surface area contributed by atoms with Gasteiger partial charge in [-0.05, 0) is 36.5 Å². The second kappa shape index (κ2) is 9.36. The van der Waals surface area contributed by atoms with Gasteiger partial charge in [-0.1, -0.05) is 20.8 Å². The molecule has 1 saturated heterocycles. The van der Waals surface area contributed by atoms with Crippen molar-refractivity contribution in [1.82, 2.24) is 4.90 Å². The molecule has 1 saturated carbocycles. The van der Waals surface area contributed by atoms with E-state index < -0.39 is 29.6 Å². The molecular formula is C22H31F3N4O3. The number of anilines is 2. The van der Waals surface area contributed by atoms with E-state index in [1.165, 1.54) is 12.1 Å². The second-order valence-corrected chi connectivity index (χ2v) is 9.53. The highest BCUT2D eigenvalue weighted by Crippen LogP contribution is 2.39. The largest absolute Gasteiger partial charge is 0.418 e. The lowest BCUT2D eigenvalue weighted by atomic mass is 9.95. The molecule has 0 bridgehead atoms. The number of halogens is 3. The van der Waals surface area contributed by atoms with Crippen LogP contribution < -0.4 is 16.0 Å². The van der Waals surface area contributed by atoms with E-state index >= 15 is 0 Å². The molecule has 2 fully saturated rings. The number of alkyl halides is 3. The molecule has 0 spiro atoms. The quantitative estimate of drug-likeness (QED) is 0.659. The van der Waals surface area contributed by atoms with E-state index in [0.717, 1.165) is 23.8 Å². The summed E-state index contributed by atoms with van der Waals surface area (Å²) in [6.07, 6.45) is -2.76. The van der Waals surface area contributed by atoms with Crippen molar-refractivity contribution in [3.8, 4) is 0 Å². The fourth-order valence-electron chi connectivity index (χ4n) is 3.92. The number of amides is 2. The first-order valence-electron chi connectivity index (χ1n) is 10.8. The van der Waals surface area contributed by atoms with Crippen LogP contribution in [0.15, 0.2) is 18.2 Å². The Hall–Kier alpha value is -2.17. The van der Waals surface area contributed by atoms with Crippen molar-refractivity contribution < 1.29 is 27.5 Å². The van der Waals surface area contributed by atoms with E-state index in [1.807, 2.05) is 0 Å². The molecule has 0 radical (unpaired) electrons. The van der Waals surface area contributed by atoms with E-state index in [4.69, 9.17) is 10.5 Å². The van der Waals surface area contributed by atoms with Crippen LogP contribution in [0.2, 0.25) is 0 Å². The number of morpholine rings is 1. The molecule has 0 aromatic heterocycles. The van der Waals surface area contributed by atoms with Crippen molar-refractivity contribution in [2.45, 2.75) is 51.9 Å². The van der Waals surface area contributed by atoms with Gasteiger partial charge in [0.05, 0.1) is 17.9 Å². The van der Waals surface area contributed by atoms with Crippen LogP contribution in [0.3, 0.4) is 0 Å². The molecular weight excluding hydrogens is 425 g/mol. The molecule has 0 unspecified atom stereocenters. The van der Waals surface area contributed by atoms with E-state index in [-0.39, 0.29) is 49.1 Å². The number of benzene rings is 1. The molecule has 1 aliphatic heterocycles. The van der Waals surface area contributed by atoms with Crippen LogP contribution in [0.25, 0.3) is 0 Å². The molecule has 1 atom stereocenters. The first kappa shape index (κ1) is 24.5. The topological polar surface area (TPSA) is 87.9 Å². The monoisotopic (exact) mass is 456 g/mol. The normalized spacial score (nSPS) is 18.8. The number of rotatable bonds is 7. The summed E-state index contributed by atoms with van der Waals surface area (Å²) in [4.78, 5) is 28.2. The predicted octanol–water partition coefficient (Wildman–Crippen LogP) is 2.84. The smallest absolute Gasteiger partial charge is 0.370 e. The fourth-order valence-corrected chi connectivity index (χ4v) is 3.92. The van der Waals surface area contributed by atoms with Crippen molar-refractivity contribution in [2.24, 2.45) is 11.1 Å². The lowest BCUT2D eigenvalue weighted by Crippen LogP contribution is -2.52. The van der Waals surface area contributed by atoms with Crippen LogP contribution in [0.5, 0.6) is 0 Å². The maximum Gasteiger partial charge on any atom is 0.418 e. The van der Waals surface area contributed by atoms with Crippen LogP contribution in [0, 0.1) is 5.41 Å². The van der Waals surface area contributed by atoms with Crippen molar-refractivity contribution in [2.75, 3.05) is 43.1 Å². The summed E-state index contributed by atoms with van der Waals surface area (Å²) in [5, 5.41) is 2.61. The summed E-state index contributed by atoms with van der Waals surface area (Å²) in [7, 11) is 0. The van der Waals surface area contributed by atoms with Gasteiger partial charge in [-0.3, -0.25) is 14.5 Å². The van der Waals surface area contributed by atoms with E-state index in [9.17, 15) is 22.8 Å². The van der Waals surface area contributed by atoms with Crippen molar-refractivity contribution in [3.05, 3.63) is 23.8 Å². The SMILES string of the molecule is CC(C)(C)CN(C1CC1)[C@H](CN)C(=O)Nc1ccc(N2CCOCC2=O)c(C(F)(F)F)c1. The number of ether oxygens (including phenoxy) is 1. The van der Waals surface area contributed by atoms with Gasteiger partial charge in [-0.2, -0.15) is 13.2 Å². The van der Waals surface area contributed by atoms with Gasteiger partial charge in [0.15, 0.2) is 0 Å². The molecule has 10 heteroatoms. The van der Waals surface area contributed by atoms with Gasteiger partial charge in [0.2, 0.25) is 5.91 Å². The standard InChI is InChI=1S/C22H31F3N4O3/c1-21(2,3)13-29(15-5-6-15)18(11-26)20(31)27-14-4-7-17(16(10-14)22(23,24)25)28-8-9-32-12-19(28)30/h4,7,10,15,18H,5-6,8-9,11-13,26H2,1-3H3,(H,27,31)/t18-/m1/s1. The molecule has 2 aliphatic rings. The zero-order valence-corrected chi connectivity index (χ0v) is 18.7. The molecule has 3 N–H and O–H groups in total. The van der Waals surface area contributed by atoms with Gasteiger partial charge in [0, 0.05) is 31.4 Å². The highest BCUT2D eigenvalue weighted by Gasteiger charge is 2.40. The minimum atomic E-state index is -4.70. The van der Waals surface area contributed by atoms with Gasteiger partial charge in [-0.25, -0.2) is 0 Å². The number of nitrogens with one attached hydrogen (secondary N) is 1. The summed E-state index contributed by atoms with van der Waals surface area (Å²) in [5.41, 5.74) is 4.63. The Labute approximate surface area is 186 Å². The Bertz CT molecular complexity index is 850. The predicted molar refractivity (Wildman–Crippen MR) is 115 cm³/mol. The average Bonchev–Trinajstić information content (AvgIpc) is 3.52. The van der Waals surface area contributed by atoms with Gasteiger partial charge >= 0.3 is 6.18 Å². The summed E-state index contributed by atoms with van der Waals surface area (Å²) >= 11 is 0. The zero-order valence-electron chi connectivity index (χ0n) is 18.7. The minimum absolute atomic E-state index is 0.0109. The van der Waals surface area contributed by atoms with Crippen molar-refractivity contribution >= 4 is 23.2 Å². The highest BCUT2D eigenvalue weighted by atomic mass is 19.4. The van der Waals surface area contributed by atoms with E-state index in [0.29, 0.717) is 6.54 Å². The number of nitrogens with zero attached hydrogens (tertiary/aromatic N) is 2. The average molecular weight is 457 g/mol. The number of hydrogen-bond donors (Lipinski definition) is 2. The molecule has 1 aromatic carbocycles. The third-order valence-electron chi connectivity index (χ3n) is 5.45. The number of nitrogens with two attached hydrogens (primary N) is 1. The Morgan fingerprint density at radius 3 is 2.53 bits per heavy atom. The van der Waals surface area contributed by atoms with Crippen LogP contribution in [0.4, 0.5) is 24.5 Å². The highest BCUT2D eigenvalue weighted by molar-refractivity contribution is 5.98. The summed E-state index contributed by atoms with van der Waals surface area (Å²) in [6, 6.07) is 3.08. The first-order chi connectivity index (χ1) is 14.9. The van der Waals surface area contributed by atoms with Crippen LogP contribution in [0.1, 0.15) is 39.2 Å². The van der Waals surface area contributed by atoms with Crippen LogP contribution >= 0.6 is 0 Å². The van der Waals surface area contributed by atoms with Crippen molar-refractivity contribution in [3.63, 3.8) is 0 Å². The molecule has 1 aromatic rings. The Balaban J connectivity index is 1.84. The van der Waals surface area contributed by atoms with Gasteiger partial charge < -0.3 is 20.7 Å². The number of carbonyl (C=O) groups excluding carboxylic acids is 2. The Morgan fingerprint density at radius 1 is 1.31 bits per heavy atom. The molecule has 2 amide bonds. The van der Waals surface area contributed by atoms with E-state index in [2.05, 4.69) is 31.0 Å². The first-order valence-corrected chi connectivity index (χ1v) is 10.8. The van der Waals surface area contributed by atoms with E-state index in [1.54, 1.807) is 0 Å². The van der Waals surface area contributed by atoms with Crippen LogP contribution in [-0.4, -0.2) is 61.6 Å². The third kappa shape index (κ3) is 5.99. The van der Waals surface area contributed by atoms with Gasteiger partial charge in [0.25, 0.3) is 5.91 Å². The fraction of sp³-hybridized carbons (Fsp3) is 0.636. The van der Waals surface area contributed by atoms with Gasteiger partial charge in [-0.15, -0.1) is 0 Å². The second-order valence-electron chi connectivity index (χ2n) is 9.53. The molecule has 1 aliphatic carbocycles.